The van der Waals surface area contributed by atoms with Gasteiger partial charge in [-0.15, -0.1) is 0 Å². The average molecular weight is 239 g/mol. The molecule has 1 aliphatic rings. The van der Waals surface area contributed by atoms with Crippen molar-refractivity contribution >= 4 is 22.0 Å². The number of para-hydroxylation sites is 1. The maximum Gasteiger partial charge on any atom is 0.229 e. The Labute approximate surface area is 94.6 Å². The summed E-state index contributed by atoms with van der Waals surface area (Å²) in [5.74, 6) is 0. The second-order valence-corrected chi connectivity index (χ2v) is 5.41. The highest BCUT2D eigenvalue weighted by Crippen LogP contribution is 2.26. The zero-order valence-corrected chi connectivity index (χ0v) is 9.66. The molecule has 0 saturated carbocycles. The number of rotatable bonds is 3. The van der Waals surface area contributed by atoms with Gasteiger partial charge in [0.1, 0.15) is 0 Å². The van der Waals surface area contributed by atoms with Crippen LogP contribution in [0.25, 0.3) is 0 Å². The van der Waals surface area contributed by atoms with E-state index < -0.39 is 10.0 Å². The molecule has 1 unspecified atom stereocenters. The van der Waals surface area contributed by atoms with Crippen molar-refractivity contribution in [3.8, 4) is 0 Å². The maximum atomic E-state index is 11.2. The third kappa shape index (κ3) is 2.52. The van der Waals surface area contributed by atoms with E-state index in [-0.39, 0.29) is 6.04 Å². The Balaban J connectivity index is 2.34. The molecule has 16 heavy (non-hydrogen) atoms. The van der Waals surface area contributed by atoms with Gasteiger partial charge < -0.3 is 5.32 Å². The Morgan fingerprint density at radius 1 is 1.44 bits per heavy atom. The van der Waals surface area contributed by atoms with Crippen molar-refractivity contribution in [2.24, 2.45) is 4.99 Å². The maximum absolute atomic E-state index is 11.2. The minimum Gasteiger partial charge on any atom is -0.374 e. The molecule has 1 aromatic rings. The lowest BCUT2D eigenvalue weighted by atomic mass is 10.1. The minimum absolute atomic E-state index is 0.0227. The summed E-state index contributed by atoms with van der Waals surface area (Å²) in [4.78, 5) is 4.23. The van der Waals surface area contributed by atoms with E-state index in [4.69, 9.17) is 0 Å². The summed E-state index contributed by atoms with van der Waals surface area (Å²) >= 11 is 0. The molecule has 1 aliphatic heterocycles. The first-order valence-electron chi connectivity index (χ1n) is 4.88. The summed E-state index contributed by atoms with van der Waals surface area (Å²) in [5, 5.41) is 2.99. The van der Waals surface area contributed by atoms with Gasteiger partial charge in [-0.05, 0) is 6.07 Å². The monoisotopic (exact) mass is 239 g/mol. The first-order valence-corrected chi connectivity index (χ1v) is 6.77. The molecule has 0 aromatic heterocycles. The Morgan fingerprint density at radius 3 is 2.81 bits per heavy atom. The van der Waals surface area contributed by atoms with E-state index in [1.807, 2.05) is 12.1 Å². The summed E-state index contributed by atoms with van der Waals surface area (Å²) in [6, 6.07) is 7.26. The quantitative estimate of drug-likeness (QED) is 0.817. The fourth-order valence-electron chi connectivity index (χ4n) is 1.63. The van der Waals surface area contributed by atoms with Crippen LogP contribution in [0.3, 0.4) is 0 Å². The number of aliphatic imine (C=N–C) groups is 1. The van der Waals surface area contributed by atoms with Gasteiger partial charge in [0.15, 0.2) is 0 Å². The number of nitrogens with zero attached hydrogens (tertiary/aromatic N) is 1. The van der Waals surface area contributed by atoms with E-state index in [2.05, 4.69) is 15.0 Å². The highest BCUT2D eigenvalue weighted by molar-refractivity contribution is 7.92. The fourth-order valence-corrected chi connectivity index (χ4v) is 2.22. The molecule has 2 rings (SSSR count). The van der Waals surface area contributed by atoms with Crippen LogP contribution in [0.5, 0.6) is 0 Å². The summed E-state index contributed by atoms with van der Waals surface area (Å²) < 4.78 is 24.9. The Kier molecular flexibility index (Phi) is 2.82. The van der Waals surface area contributed by atoms with Crippen molar-refractivity contribution in [2.75, 3.05) is 17.5 Å². The van der Waals surface area contributed by atoms with Crippen LogP contribution in [0, 0.1) is 0 Å². The van der Waals surface area contributed by atoms with Gasteiger partial charge in [-0.3, -0.25) is 9.71 Å². The predicted molar refractivity (Wildman–Crippen MR) is 64.1 cm³/mol. The third-order valence-electron chi connectivity index (χ3n) is 2.27. The zero-order valence-electron chi connectivity index (χ0n) is 8.84. The Morgan fingerprint density at radius 2 is 2.19 bits per heavy atom. The van der Waals surface area contributed by atoms with E-state index >= 15 is 0 Å². The largest absolute Gasteiger partial charge is 0.374 e. The van der Waals surface area contributed by atoms with Gasteiger partial charge in [0, 0.05) is 12.1 Å². The van der Waals surface area contributed by atoms with Crippen molar-refractivity contribution in [3.63, 3.8) is 0 Å². The number of benzene rings is 1. The normalized spacial score (nSPS) is 19.4. The van der Waals surface area contributed by atoms with Crippen molar-refractivity contribution in [1.82, 2.24) is 5.32 Å². The second kappa shape index (κ2) is 4.13. The molecule has 0 bridgehead atoms. The lowest BCUT2D eigenvalue weighted by molar-refractivity contribution is 0.606. The minimum atomic E-state index is -3.25. The van der Waals surface area contributed by atoms with Crippen LogP contribution in [0.1, 0.15) is 11.6 Å². The van der Waals surface area contributed by atoms with Crippen LogP contribution in [0.15, 0.2) is 29.3 Å². The molecule has 1 atom stereocenters. The molecule has 5 nitrogen and oxygen atoms in total. The molecule has 1 aromatic carbocycles. The first kappa shape index (κ1) is 10.9. The van der Waals surface area contributed by atoms with E-state index in [9.17, 15) is 8.42 Å². The van der Waals surface area contributed by atoms with Crippen molar-refractivity contribution in [1.29, 1.82) is 0 Å². The van der Waals surface area contributed by atoms with Gasteiger partial charge in [-0.2, -0.15) is 0 Å². The molecular formula is C10H13N3O2S. The lowest BCUT2D eigenvalue weighted by Crippen LogP contribution is -2.14. The number of anilines is 1. The summed E-state index contributed by atoms with van der Waals surface area (Å²) in [7, 11) is -3.25. The van der Waals surface area contributed by atoms with Crippen molar-refractivity contribution < 1.29 is 8.42 Å². The fraction of sp³-hybridized carbons (Fsp3) is 0.300. The number of hydrogen-bond donors (Lipinski definition) is 2. The standard InChI is InChI=1S/C10H13N3O2S/c1-16(14,15)13-9-5-3-2-4-8(9)10-6-11-7-12-10/h2-5,7,10,13H,6H2,1H3,(H,11,12). The van der Waals surface area contributed by atoms with E-state index in [0.717, 1.165) is 11.8 Å². The molecule has 2 N–H and O–H groups in total. The Bertz CT molecular complexity index is 511. The highest BCUT2D eigenvalue weighted by Gasteiger charge is 2.17. The molecule has 0 saturated heterocycles. The van der Waals surface area contributed by atoms with Crippen molar-refractivity contribution in [3.05, 3.63) is 29.8 Å². The SMILES string of the molecule is CS(=O)(=O)Nc1ccccc1C1CNC=N1. The van der Waals surface area contributed by atoms with Crippen LogP contribution in [0.2, 0.25) is 0 Å². The van der Waals surface area contributed by atoms with E-state index in [1.54, 1.807) is 18.5 Å². The molecule has 1 heterocycles. The molecule has 86 valence electrons. The molecular weight excluding hydrogens is 226 g/mol. The zero-order chi connectivity index (χ0) is 11.6. The second-order valence-electron chi connectivity index (χ2n) is 3.66. The van der Waals surface area contributed by atoms with Gasteiger partial charge in [0.25, 0.3) is 0 Å². The summed E-state index contributed by atoms with van der Waals surface area (Å²) in [5.41, 5.74) is 1.48. The van der Waals surface area contributed by atoms with E-state index in [1.165, 1.54) is 0 Å². The van der Waals surface area contributed by atoms with Gasteiger partial charge in [0.05, 0.1) is 24.3 Å². The highest BCUT2D eigenvalue weighted by atomic mass is 32.2. The molecule has 6 heteroatoms. The Hall–Kier alpha value is -1.56. The molecule has 0 amide bonds. The van der Waals surface area contributed by atoms with Crippen molar-refractivity contribution in [2.45, 2.75) is 6.04 Å². The summed E-state index contributed by atoms with van der Waals surface area (Å²) in [6.45, 7) is 0.697. The first-order chi connectivity index (χ1) is 7.56. The van der Waals surface area contributed by atoms with Gasteiger partial charge in [0.2, 0.25) is 10.0 Å². The smallest absolute Gasteiger partial charge is 0.229 e. The van der Waals surface area contributed by atoms with Crippen LogP contribution in [-0.4, -0.2) is 27.6 Å². The van der Waals surface area contributed by atoms with E-state index in [0.29, 0.717) is 12.2 Å². The number of nitrogens with one attached hydrogen (secondary N) is 2. The number of sulfonamides is 1. The summed E-state index contributed by atoms with van der Waals surface area (Å²) in [6.07, 6.45) is 2.78. The topological polar surface area (TPSA) is 70.6 Å². The van der Waals surface area contributed by atoms with Crippen LogP contribution >= 0.6 is 0 Å². The lowest BCUT2D eigenvalue weighted by Gasteiger charge is -2.13. The van der Waals surface area contributed by atoms with Crippen LogP contribution in [-0.2, 0) is 10.0 Å². The molecule has 0 radical (unpaired) electrons. The molecule has 0 fully saturated rings. The van der Waals surface area contributed by atoms with Gasteiger partial charge >= 0.3 is 0 Å². The predicted octanol–water partition coefficient (Wildman–Crippen LogP) is 0.731. The van der Waals surface area contributed by atoms with Crippen LogP contribution in [0.4, 0.5) is 5.69 Å². The molecule has 0 aliphatic carbocycles. The van der Waals surface area contributed by atoms with Gasteiger partial charge in [-0.1, -0.05) is 18.2 Å². The van der Waals surface area contributed by atoms with Crippen LogP contribution < -0.4 is 10.0 Å². The third-order valence-corrected chi connectivity index (χ3v) is 2.86. The molecule has 0 spiro atoms. The number of hydrogen-bond acceptors (Lipinski definition) is 4. The van der Waals surface area contributed by atoms with Gasteiger partial charge in [-0.25, -0.2) is 8.42 Å². The average Bonchev–Trinajstić information content (AvgIpc) is 2.69.